The summed E-state index contributed by atoms with van der Waals surface area (Å²) in [5, 5.41) is 0. The third-order valence-corrected chi connectivity index (χ3v) is 4.63. The zero-order valence-electron chi connectivity index (χ0n) is 13.5. The second kappa shape index (κ2) is 6.76. The van der Waals surface area contributed by atoms with E-state index < -0.39 is 0 Å². The number of hydrogen-bond acceptors (Lipinski definition) is 3. The van der Waals surface area contributed by atoms with Gasteiger partial charge in [0, 0.05) is 64.4 Å². The lowest BCUT2D eigenvalue weighted by molar-refractivity contribution is 0.0756. The van der Waals surface area contributed by atoms with E-state index in [2.05, 4.69) is 37.5 Å². The summed E-state index contributed by atoms with van der Waals surface area (Å²) < 4.78 is 0. The third kappa shape index (κ3) is 3.64. The third-order valence-electron chi connectivity index (χ3n) is 4.63. The Morgan fingerprint density at radius 3 is 1.20 bits per heavy atom. The van der Waals surface area contributed by atoms with Crippen LogP contribution in [-0.2, 0) is 0 Å². The molecule has 20 heavy (non-hydrogen) atoms. The molecule has 2 aliphatic heterocycles. The minimum atomic E-state index is 0.247. The average molecular weight is 282 g/mol. The molecule has 0 aromatic carbocycles. The average Bonchev–Trinajstić information content (AvgIpc) is 2.46. The molecule has 0 aliphatic carbocycles. The topological polar surface area (TPSA) is 30.0 Å². The number of amides is 2. The minimum Gasteiger partial charge on any atom is -0.322 e. The van der Waals surface area contributed by atoms with Crippen LogP contribution in [0.4, 0.5) is 4.79 Å². The van der Waals surface area contributed by atoms with E-state index in [0.717, 1.165) is 52.4 Å². The van der Waals surface area contributed by atoms with E-state index in [1.54, 1.807) is 0 Å². The van der Waals surface area contributed by atoms with Gasteiger partial charge in [-0.15, -0.1) is 0 Å². The molecular formula is C15H30N4O. The molecule has 2 aliphatic rings. The maximum absolute atomic E-state index is 12.5. The lowest BCUT2D eigenvalue weighted by Gasteiger charge is -2.42. The molecule has 2 fully saturated rings. The van der Waals surface area contributed by atoms with Crippen LogP contribution in [0.2, 0.25) is 0 Å². The fourth-order valence-electron chi connectivity index (χ4n) is 3.06. The lowest BCUT2D eigenvalue weighted by atomic mass is 10.2. The van der Waals surface area contributed by atoms with Crippen LogP contribution in [0, 0.1) is 0 Å². The van der Waals surface area contributed by atoms with Crippen LogP contribution in [0.3, 0.4) is 0 Å². The molecule has 2 amide bonds. The van der Waals surface area contributed by atoms with Crippen LogP contribution in [0.25, 0.3) is 0 Å². The van der Waals surface area contributed by atoms with Crippen molar-refractivity contribution in [2.75, 3.05) is 52.4 Å². The van der Waals surface area contributed by atoms with Crippen molar-refractivity contribution in [1.29, 1.82) is 0 Å². The molecule has 5 heteroatoms. The molecule has 0 radical (unpaired) electrons. The lowest BCUT2D eigenvalue weighted by Crippen LogP contribution is -2.58. The van der Waals surface area contributed by atoms with E-state index in [4.69, 9.17) is 0 Å². The van der Waals surface area contributed by atoms with Gasteiger partial charge in [-0.1, -0.05) is 0 Å². The maximum Gasteiger partial charge on any atom is 0.320 e. The Hall–Kier alpha value is -0.810. The van der Waals surface area contributed by atoms with E-state index in [1.807, 2.05) is 9.80 Å². The Balaban J connectivity index is 1.79. The number of nitrogens with zero attached hydrogens (tertiary/aromatic N) is 4. The van der Waals surface area contributed by atoms with E-state index in [0.29, 0.717) is 12.1 Å². The molecule has 0 spiro atoms. The first-order valence-corrected chi connectivity index (χ1v) is 8.01. The molecule has 5 nitrogen and oxygen atoms in total. The minimum absolute atomic E-state index is 0.247. The molecule has 2 rings (SSSR count). The van der Waals surface area contributed by atoms with Gasteiger partial charge in [0.15, 0.2) is 0 Å². The van der Waals surface area contributed by atoms with Gasteiger partial charge in [-0.2, -0.15) is 0 Å². The second-order valence-electron chi connectivity index (χ2n) is 6.52. The quantitative estimate of drug-likeness (QED) is 0.761. The monoisotopic (exact) mass is 282 g/mol. The van der Waals surface area contributed by atoms with Crippen LogP contribution in [0.5, 0.6) is 0 Å². The highest BCUT2D eigenvalue weighted by molar-refractivity contribution is 5.74. The predicted molar refractivity (Wildman–Crippen MR) is 82.0 cm³/mol. The van der Waals surface area contributed by atoms with Gasteiger partial charge in [0.05, 0.1) is 0 Å². The van der Waals surface area contributed by atoms with Crippen molar-refractivity contribution in [1.82, 2.24) is 19.6 Å². The molecule has 2 saturated heterocycles. The molecule has 116 valence electrons. The van der Waals surface area contributed by atoms with Crippen LogP contribution in [0.15, 0.2) is 0 Å². The van der Waals surface area contributed by atoms with Crippen LogP contribution < -0.4 is 0 Å². The highest BCUT2D eigenvalue weighted by Gasteiger charge is 2.28. The smallest absolute Gasteiger partial charge is 0.320 e. The Bertz CT molecular complexity index is 286. The first-order valence-electron chi connectivity index (χ1n) is 8.01. The van der Waals surface area contributed by atoms with Crippen molar-refractivity contribution in [3.63, 3.8) is 0 Å². The summed E-state index contributed by atoms with van der Waals surface area (Å²) in [5.74, 6) is 0. The molecule has 0 bridgehead atoms. The summed E-state index contributed by atoms with van der Waals surface area (Å²) in [4.78, 5) is 21.5. The van der Waals surface area contributed by atoms with Gasteiger partial charge in [-0.05, 0) is 27.7 Å². The highest BCUT2D eigenvalue weighted by Crippen LogP contribution is 2.11. The normalized spacial score (nSPS) is 22.9. The summed E-state index contributed by atoms with van der Waals surface area (Å²) >= 11 is 0. The number of hydrogen-bond donors (Lipinski definition) is 0. The van der Waals surface area contributed by atoms with Crippen molar-refractivity contribution >= 4 is 6.03 Å². The van der Waals surface area contributed by atoms with E-state index in [1.165, 1.54) is 0 Å². The number of carbonyl (C=O) groups is 1. The number of piperazine rings is 2. The fourth-order valence-corrected chi connectivity index (χ4v) is 3.06. The van der Waals surface area contributed by atoms with Gasteiger partial charge < -0.3 is 9.80 Å². The summed E-state index contributed by atoms with van der Waals surface area (Å²) in [7, 11) is 0. The predicted octanol–water partition coefficient (Wildman–Crippen LogP) is 1.16. The summed E-state index contributed by atoms with van der Waals surface area (Å²) in [6.07, 6.45) is 0. The van der Waals surface area contributed by atoms with Gasteiger partial charge >= 0.3 is 6.03 Å². The number of rotatable bonds is 2. The molecule has 0 aromatic rings. The fraction of sp³-hybridized carbons (Fsp3) is 0.933. The molecule has 0 saturated carbocycles. The Labute approximate surface area is 123 Å². The van der Waals surface area contributed by atoms with Gasteiger partial charge in [0.1, 0.15) is 0 Å². The van der Waals surface area contributed by atoms with Gasteiger partial charge in [0.25, 0.3) is 0 Å². The van der Waals surface area contributed by atoms with Gasteiger partial charge in [-0.3, -0.25) is 9.80 Å². The van der Waals surface area contributed by atoms with Crippen molar-refractivity contribution in [3.05, 3.63) is 0 Å². The molecule has 0 aromatic heterocycles. The zero-order valence-corrected chi connectivity index (χ0v) is 13.5. The number of carbonyl (C=O) groups excluding carboxylic acids is 1. The SMILES string of the molecule is CC(C)N1CCN(C(=O)N2CCN(C(C)C)CC2)CC1. The van der Waals surface area contributed by atoms with E-state index in [9.17, 15) is 4.79 Å². The van der Waals surface area contributed by atoms with Crippen molar-refractivity contribution in [2.24, 2.45) is 0 Å². The highest BCUT2D eigenvalue weighted by atomic mass is 16.2. The van der Waals surface area contributed by atoms with Gasteiger partial charge in [-0.25, -0.2) is 4.79 Å². The Morgan fingerprint density at radius 2 is 0.950 bits per heavy atom. The first-order chi connectivity index (χ1) is 9.49. The Morgan fingerprint density at radius 1 is 0.650 bits per heavy atom. The van der Waals surface area contributed by atoms with Crippen molar-refractivity contribution in [3.8, 4) is 0 Å². The largest absolute Gasteiger partial charge is 0.322 e. The molecule has 0 unspecified atom stereocenters. The van der Waals surface area contributed by atoms with Crippen molar-refractivity contribution < 1.29 is 4.79 Å². The molecule has 0 N–H and O–H groups in total. The Kier molecular flexibility index (Phi) is 5.27. The second-order valence-corrected chi connectivity index (χ2v) is 6.52. The number of urea groups is 1. The van der Waals surface area contributed by atoms with Crippen molar-refractivity contribution in [2.45, 2.75) is 39.8 Å². The van der Waals surface area contributed by atoms with Crippen LogP contribution >= 0.6 is 0 Å². The molecular weight excluding hydrogens is 252 g/mol. The summed E-state index contributed by atoms with van der Waals surface area (Å²) in [5.41, 5.74) is 0. The van der Waals surface area contributed by atoms with E-state index >= 15 is 0 Å². The zero-order chi connectivity index (χ0) is 14.7. The summed E-state index contributed by atoms with van der Waals surface area (Å²) in [6, 6.07) is 1.42. The maximum atomic E-state index is 12.5. The molecule has 2 heterocycles. The van der Waals surface area contributed by atoms with Crippen LogP contribution in [-0.4, -0.2) is 90.1 Å². The van der Waals surface area contributed by atoms with E-state index in [-0.39, 0.29) is 6.03 Å². The molecule has 0 atom stereocenters. The standard InChI is InChI=1S/C15H30N4O/c1-13(2)16-5-9-18(10-6-16)15(20)19-11-7-17(8-12-19)14(3)4/h13-14H,5-12H2,1-4H3. The van der Waals surface area contributed by atoms with Crippen LogP contribution in [0.1, 0.15) is 27.7 Å². The van der Waals surface area contributed by atoms with Gasteiger partial charge in [0.2, 0.25) is 0 Å². The summed E-state index contributed by atoms with van der Waals surface area (Å²) in [6.45, 7) is 16.4. The first kappa shape index (κ1) is 15.6.